The molecule has 0 amide bonds. The molecule has 0 fully saturated rings. The molecule has 18 heavy (non-hydrogen) atoms. The predicted octanol–water partition coefficient (Wildman–Crippen LogP) is 2.46. The van der Waals surface area contributed by atoms with Crippen molar-refractivity contribution in [3.63, 3.8) is 0 Å². The number of nitrogens with one attached hydrogen (secondary N) is 1. The van der Waals surface area contributed by atoms with Crippen molar-refractivity contribution < 1.29 is 4.74 Å². The largest absolute Gasteiger partial charge is 0.492 e. The molecule has 0 saturated carbocycles. The van der Waals surface area contributed by atoms with Gasteiger partial charge in [0.1, 0.15) is 12.4 Å². The second-order valence-corrected chi connectivity index (χ2v) is 4.09. The monoisotopic (exact) mass is 243 g/mol. The van der Waals surface area contributed by atoms with Crippen molar-refractivity contribution in [3.8, 4) is 5.75 Å². The number of hydrogen-bond donors (Lipinski definition) is 2. The molecular weight excluding hydrogens is 226 g/mol. The van der Waals surface area contributed by atoms with Gasteiger partial charge in [0, 0.05) is 36.4 Å². The van der Waals surface area contributed by atoms with Crippen molar-refractivity contribution in [3.05, 3.63) is 48.3 Å². The topological polar surface area (TPSA) is 60.2 Å². The van der Waals surface area contributed by atoms with Crippen LogP contribution in [0, 0.1) is 6.92 Å². The molecule has 4 nitrogen and oxygen atoms in total. The van der Waals surface area contributed by atoms with Crippen LogP contribution >= 0.6 is 0 Å². The number of nitrogens with two attached hydrogens (primary N) is 1. The van der Waals surface area contributed by atoms with Crippen molar-refractivity contribution in [1.82, 2.24) is 4.98 Å². The Bertz CT molecular complexity index is 479. The number of nitrogen functional groups attached to an aromatic ring is 1. The van der Waals surface area contributed by atoms with Crippen LogP contribution in [0.25, 0.3) is 0 Å². The summed E-state index contributed by atoms with van der Waals surface area (Å²) in [7, 11) is 0. The van der Waals surface area contributed by atoms with Crippen LogP contribution in [0.5, 0.6) is 5.75 Å². The van der Waals surface area contributed by atoms with E-state index in [0.717, 1.165) is 29.2 Å². The van der Waals surface area contributed by atoms with Crippen LogP contribution in [0.1, 0.15) is 5.56 Å². The summed E-state index contributed by atoms with van der Waals surface area (Å²) in [6.45, 7) is 3.32. The summed E-state index contributed by atoms with van der Waals surface area (Å²) >= 11 is 0. The highest BCUT2D eigenvalue weighted by Crippen LogP contribution is 2.18. The Morgan fingerprint density at radius 2 is 2.00 bits per heavy atom. The molecule has 0 atom stereocenters. The fourth-order valence-electron chi connectivity index (χ4n) is 1.69. The first-order chi connectivity index (χ1) is 8.74. The lowest BCUT2D eigenvalue weighted by Gasteiger charge is -2.09. The lowest BCUT2D eigenvalue weighted by atomic mass is 10.2. The smallest absolute Gasteiger partial charge is 0.121 e. The summed E-state index contributed by atoms with van der Waals surface area (Å²) in [6.07, 6.45) is 3.51. The van der Waals surface area contributed by atoms with E-state index in [1.54, 1.807) is 12.4 Å². The molecule has 0 unspecified atom stereocenters. The van der Waals surface area contributed by atoms with Crippen molar-refractivity contribution in [1.29, 1.82) is 0 Å². The van der Waals surface area contributed by atoms with E-state index in [0.29, 0.717) is 6.61 Å². The molecule has 2 rings (SSSR count). The Hall–Kier alpha value is -2.23. The number of hydrogen-bond acceptors (Lipinski definition) is 4. The minimum Gasteiger partial charge on any atom is -0.492 e. The minimum atomic E-state index is 0.589. The first-order valence-electron chi connectivity index (χ1n) is 5.88. The molecule has 2 aromatic rings. The lowest BCUT2D eigenvalue weighted by molar-refractivity contribution is 0.333. The van der Waals surface area contributed by atoms with Crippen LogP contribution < -0.4 is 15.8 Å². The molecule has 0 saturated heterocycles. The average Bonchev–Trinajstić information content (AvgIpc) is 2.35. The Balaban J connectivity index is 1.78. The predicted molar refractivity (Wildman–Crippen MR) is 73.8 cm³/mol. The number of anilines is 2. The SMILES string of the molecule is Cc1cc(N)cc(OCCNc2ccncc2)c1. The van der Waals surface area contributed by atoms with Crippen LogP contribution in [0.15, 0.2) is 42.7 Å². The van der Waals surface area contributed by atoms with Crippen molar-refractivity contribution >= 4 is 11.4 Å². The van der Waals surface area contributed by atoms with E-state index in [9.17, 15) is 0 Å². The molecule has 0 spiro atoms. The van der Waals surface area contributed by atoms with Gasteiger partial charge in [0.15, 0.2) is 0 Å². The number of benzene rings is 1. The van der Waals surface area contributed by atoms with E-state index >= 15 is 0 Å². The number of aryl methyl sites for hydroxylation is 1. The van der Waals surface area contributed by atoms with Gasteiger partial charge in [0.05, 0.1) is 0 Å². The quantitative estimate of drug-likeness (QED) is 0.625. The van der Waals surface area contributed by atoms with Crippen LogP contribution in [-0.2, 0) is 0 Å². The fourth-order valence-corrected chi connectivity index (χ4v) is 1.69. The van der Waals surface area contributed by atoms with E-state index in [4.69, 9.17) is 10.5 Å². The molecule has 0 aliphatic rings. The van der Waals surface area contributed by atoms with Crippen LogP contribution in [0.4, 0.5) is 11.4 Å². The van der Waals surface area contributed by atoms with Gasteiger partial charge in [-0.15, -0.1) is 0 Å². The van der Waals surface area contributed by atoms with E-state index in [1.807, 2.05) is 37.3 Å². The van der Waals surface area contributed by atoms with E-state index in [-0.39, 0.29) is 0 Å². The molecule has 0 radical (unpaired) electrons. The highest BCUT2D eigenvalue weighted by molar-refractivity contribution is 5.47. The normalized spacial score (nSPS) is 10.1. The minimum absolute atomic E-state index is 0.589. The van der Waals surface area contributed by atoms with Crippen molar-refractivity contribution in [2.75, 3.05) is 24.2 Å². The maximum Gasteiger partial charge on any atom is 0.121 e. The standard InChI is InChI=1S/C14H17N3O/c1-11-8-12(15)10-14(9-11)18-7-6-17-13-2-4-16-5-3-13/h2-5,8-10H,6-7,15H2,1H3,(H,16,17). The molecule has 3 N–H and O–H groups in total. The summed E-state index contributed by atoms with van der Waals surface area (Å²) in [5, 5.41) is 3.25. The summed E-state index contributed by atoms with van der Waals surface area (Å²) in [5.74, 6) is 0.809. The van der Waals surface area contributed by atoms with E-state index < -0.39 is 0 Å². The Kier molecular flexibility index (Phi) is 4.02. The number of ether oxygens (including phenoxy) is 1. The van der Waals surface area contributed by atoms with Crippen LogP contribution in [0.3, 0.4) is 0 Å². The second-order valence-electron chi connectivity index (χ2n) is 4.09. The molecule has 0 aliphatic heterocycles. The van der Waals surface area contributed by atoms with Gasteiger partial charge >= 0.3 is 0 Å². The summed E-state index contributed by atoms with van der Waals surface area (Å²) < 4.78 is 5.63. The zero-order valence-electron chi connectivity index (χ0n) is 10.4. The zero-order valence-corrected chi connectivity index (χ0v) is 10.4. The molecule has 1 aromatic carbocycles. The highest BCUT2D eigenvalue weighted by Gasteiger charge is 1.97. The molecule has 1 aromatic heterocycles. The maximum atomic E-state index is 5.75. The van der Waals surface area contributed by atoms with Crippen molar-refractivity contribution in [2.45, 2.75) is 6.92 Å². The molecular formula is C14H17N3O. The Morgan fingerprint density at radius 1 is 1.22 bits per heavy atom. The van der Waals surface area contributed by atoms with Gasteiger partial charge in [-0.1, -0.05) is 0 Å². The van der Waals surface area contributed by atoms with E-state index in [2.05, 4.69) is 10.3 Å². The van der Waals surface area contributed by atoms with Gasteiger partial charge in [-0.25, -0.2) is 0 Å². The number of nitrogens with zero attached hydrogens (tertiary/aromatic N) is 1. The van der Waals surface area contributed by atoms with Gasteiger partial charge in [0.25, 0.3) is 0 Å². The number of rotatable bonds is 5. The molecule has 1 heterocycles. The van der Waals surface area contributed by atoms with Gasteiger partial charge in [-0.2, -0.15) is 0 Å². The molecule has 4 heteroatoms. The second kappa shape index (κ2) is 5.91. The molecule has 0 bridgehead atoms. The van der Waals surface area contributed by atoms with Crippen molar-refractivity contribution in [2.24, 2.45) is 0 Å². The number of pyridine rings is 1. The first kappa shape index (κ1) is 12.2. The van der Waals surface area contributed by atoms with Gasteiger partial charge in [-0.3, -0.25) is 4.98 Å². The van der Waals surface area contributed by atoms with Gasteiger partial charge < -0.3 is 15.8 Å². The number of aromatic nitrogens is 1. The third-order valence-electron chi connectivity index (χ3n) is 2.45. The fraction of sp³-hybridized carbons (Fsp3) is 0.214. The van der Waals surface area contributed by atoms with Crippen LogP contribution in [-0.4, -0.2) is 18.1 Å². The zero-order chi connectivity index (χ0) is 12.8. The molecule has 0 aliphatic carbocycles. The van der Waals surface area contributed by atoms with E-state index in [1.165, 1.54) is 0 Å². The molecule has 94 valence electrons. The van der Waals surface area contributed by atoms with Crippen LogP contribution in [0.2, 0.25) is 0 Å². The third kappa shape index (κ3) is 3.66. The highest BCUT2D eigenvalue weighted by atomic mass is 16.5. The van der Waals surface area contributed by atoms with Gasteiger partial charge in [-0.05, 0) is 36.8 Å². The average molecular weight is 243 g/mol. The maximum absolute atomic E-state index is 5.75. The Morgan fingerprint density at radius 3 is 2.72 bits per heavy atom. The summed E-state index contributed by atoms with van der Waals surface area (Å²) in [4.78, 5) is 3.96. The summed E-state index contributed by atoms with van der Waals surface area (Å²) in [5.41, 5.74) is 8.62. The third-order valence-corrected chi connectivity index (χ3v) is 2.45. The Labute approximate surface area is 107 Å². The first-order valence-corrected chi connectivity index (χ1v) is 5.88. The summed E-state index contributed by atoms with van der Waals surface area (Å²) in [6, 6.07) is 9.57. The van der Waals surface area contributed by atoms with Gasteiger partial charge in [0.2, 0.25) is 0 Å². The lowest BCUT2D eigenvalue weighted by Crippen LogP contribution is -2.11.